The number of carbonyl (C=O) groups is 2. The van der Waals surface area contributed by atoms with Gasteiger partial charge >= 0.3 is 5.97 Å². The first kappa shape index (κ1) is 12.0. The van der Waals surface area contributed by atoms with Gasteiger partial charge in [0.2, 0.25) is 5.91 Å². The van der Waals surface area contributed by atoms with Gasteiger partial charge in [-0.1, -0.05) is 12.1 Å². The Bertz CT molecular complexity index is 450. The van der Waals surface area contributed by atoms with Gasteiger partial charge in [-0.3, -0.25) is 4.79 Å². The number of hydrogen-bond acceptors (Lipinski definition) is 2. The SMILES string of the molecule is CC(=O)Nc1cc(C)ccc1C=CC(=O)O. The lowest BCUT2D eigenvalue weighted by molar-refractivity contribution is -0.131. The van der Waals surface area contributed by atoms with E-state index in [0.29, 0.717) is 11.3 Å². The van der Waals surface area contributed by atoms with Gasteiger partial charge in [0, 0.05) is 18.7 Å². The lowest BCUT2D eigenvalue weighted by Crippen LogP contribution is -2.07. The first-order valence-electron chi connectivity index (χ1n) is 4.78. The number of aryl methyl sites for hydroxylation is 1. The zero-order valence-electron chi connectivity index (χ0n) is 9.15. The van der Waals surface area contributed by atoms with E-state index in [1.165, 1.54) is 13.0 Å². The van der Waals surface area contributed by atoms with Gasteiger partial charge in [-0.25, -0.2) is 4.79 Å². The second kappa shape index (κ2) is 5.11. The highest BCUT2D eigenvalue weighted by molar-refractivity contribution is 5.93. The van der Waals surface area contributed by atoms with Gasteiger partial charge in [0.1, 0.15) is 0 Å². The number of anilines is 1. The van der Waals surface area contributed by atoms with E-state index in [2.05, 4.69) is 5.32 Å². The van der Waals surface area contributed by atoms with Crippen LogP contribution in [0, 0.1) is 6.92 Å². The van der Waals surface area contributed by atoms with Crippen LogP contribution >= 0.6 is 0 Å². The van der Waals surface area contributed by atoms with Crippen LogP contribution in [0.1, 0.15) is 18.1 Å². The van der Waals surface area contributed by atoms with E-state index >= 15 is 0 Å². The van der Waals surface area contributed by atoms with Crippen molar-refractivity contribution in [3.8, 4) is 0 Å². The predicted molar refractivity (Wildman–Crippen MR) is 62.2 cm³/mol. The number of carbonyl (C=O) groups excluding carboxylic acids is 1. The minimum Gasteiger partial charge on any atom is -0.478 e. The Morgan fingerprint density at radius 1 is 1.38 bits per heavy atom. The average molecular weight is 219 g/mol. The van der Waals surface area contributed by atoms with Crippen LogP contribution in [0.15, 0.2) is 24.3 Å². The molecule has 0 unspecified atom stereocenters. The van der Waals surface area contributed by atoms with E-state index < -0.39 is 5.97 Å². The van der Waals surface area contributed by atoms with Crippen LogP contribution in [0.25, 0.3) is 6.08 Å². The molecule has 0 aliphatic heterocycles. The third-order valence-corrected chi connectivity index (χ3v) is 1.92. The summed E-state index contributed by atoms with van der Waals surface area (Å²) in [5.74, 6) is -1.20. The van der Waals surface area contributed by atoms with Gasteiger partial charge in [0.15, 0.2) is 0 Å². The van der Waals surface area contributed by atoms with Gasteiger partial charge < -0.3 is 10.4 Å². The molecule has 1 aromatic rings. The average Bonchev–Trinajstić information content (AvgIpc) is 2.15. The van der Waals surface area contributed by atoms with E-state index in [1.807, 2.05) is 13.0 Å². The van der Waals surface area contributed by atoms with E-state index in [-0.39, 0.29) is 5.91 Å². The second-order valence-corrected chi connectivity index (χ2v) is 3.44. The Morgan fingerprint density at radius 3 is 2.62 bits per heavy atom. The fraction of sp³-hybridized carbons (Fsp3) is 0.167. The fourth-order valence-electron chi connectivity index (χ4n) is 1.27. The highest BCUT2D eigenvalue weighted by atomic mass is 16.4. The van der Waals surface area contributed by atoms with Crippen LogP contribution in [0.2, 0.25) is 0 Å². The number of aliphatic carboxylic acids is 1. The molecule has 0 saturated heterocycles. The van der Waals surface area contributed by atoms with Crippen molar-refractivity contribution in [3.63, 3.8) is 0 Å². The van der Waals surface area contributed by atoms with E-state index in [4.69, 9.17) is 5.11 Å². The molecule has 0 radical (unpaired) electrons. The number of carboxylic acid groups (broad SMARTS) is 1. The number of nitrogens with one attached hydrogen (secondary N) is 1. The van der Waals surface area contributed by atoms with Crippen LogP contribution in [0.4, 0.5) is 5.69 Å². The summed E-state index contributed by atoms with van der Waals surface area (Å²) in [4.78, 5) is 21.4. The molecule has 0 fully saturated rings. The Morgan fingerprint density at radius 2 is 2.06 bits per heavy atom. The maximum atomic E-state index is 11.0. The van der Waals surface area contributed by atoms with Crippen LogP contribution in [0.3, 0.4) is 0 Å². The molecule has 2 N–H and O–H groups in total. The molecule has 1 amide bonds. The van der Waals surface area contributed by atoms with Gasteiger partial charge in [-0.15, -0.1) is 0 Å². The van der Waals surface area contributed by atoms with Gasteiger partial charge in [0.25, 0.3) is 0 Å². The van der Waals surface area contributed by atoms with E-state index in [0.717, 1.165) is 11.6 Å². The maximum Gasteiger partial charge on any atom is 0.328 e. The molecule has 1 aromatic carbocycles. The molecule has 1 rings (SSSR count). The summed E-state index contributed by atoms with van der Waals surface area (Å²) >= 11 is 0. The summed E-state index contributed by atoms with van der Waals surface area (Å²) in [6.45, 7) is 3.31. The molecule has 0 spiro atoms. The molecule has 0 bridgehead atoms. The van der Waals surface area contributed by atoms with Crippen LogP contribution in [0.5, 0.6) is 0 Å². The summed E-state index contributed by atoms with van der Waals surface area (Å²) in [5, 5.41) is 11.2. The first-order chi connectivity index (χ1) is 7.49. The fourth-order valence-corrected chi connectivity index (χ4v) is 1.27. The van der Waals surface area contributed by atoms with E-state index in [1.54, 1.807) is 12.1 Å². The van der Waals surface area contributed by atoms with Gasteiger partial charge in [-0.05, 0) is 30.2 Å². The lowest BCUT2D eigenvalue weighted by atomic mass is 10.1. The topological polar surface area (TPSA) is 66.4 Å². The minimum atomic E-state index is -1.02. The number of benzene rings is 1. The Hall–Kier alpha value is -2.10. The summed E-state index contributed by atoms with van der Waals surface area (Å²) in [6, 6.07) is 5.41. The van der Waals surface area contributed by atoms with Crippen molar-refractivity contribution in [1.82, 2.24) is 0 Å². The monoisotopic (exact) mass is 219 g/mol. The summed E-state index contributed by atoms with van der Waals surface area (Å²) in [7, 11) is 0. The first-order valence-corrected chi connectivity index (χ1v) is 4.78. The van der Waals surface area contributed by atoms with Crippen LogP contribution < -0.4 is 5.32 Å². The Balaban J connectivity index is 3.06. The molecule has 0 heterocycles. The van der Waals surface area contributed by atoms with Crippen molar-refractivity contribution in [2.75, 3.05) is 5.32 Å². The van der Waals surface area contributed by atoms with Crippen LogP contribution in [-0.2, 0) is 9.59 Å². The largest absolute Gasteiger partial charge is 0.478 e. The molecule has 84 valence electrons. The normalized spacial score (nSPS) is 10.4. The smallest absolute Gasteiger partial charge is 0.328 e. The molecule has 16 heavy (non-hydrogen) atoms. The van der Waals surface area contributed by atoms with Gasteiger partial charge in [0.05, 0.1) is 0 Å². The highest BCUT2D eigenvalue weighted by Crippen LogP contribution is 2.19. The predicted octanol–water partition coefficient (Wildman–Crippen LogP) is 2.05. The number of carboxylic acids is 1. The lowest BCUT2D eigenvalue weighted by Gasteiger charge is -2.07. The molecular weight excluding hydrogens is 206 g/mol. The van der Waals surface area contributed by atoms with Crippen LogP contribution in [-0.4, -0.2) is 17.0 Å². The molecule has 0 saturated carbocycles. The second-order valence-electron chi connectivity index (χ2n) is 3.44. The molecular formula is C12H13NO3. The molecule has 0 aliphatic rings. The third kappa shape index (κ3) is 3.57. The zero-order chi connectivity index (χ0) is 12.1. The van der Waals surface area contributed by atoms with Crippen molar-refractivity contribution in [1.29, 1.82) is 0 Å². The Labute approximate surface area is 93.6 Å². The van der Waals surface area contributed by atoms with E-state index in [9.17, 15) is 9.59 Å². The Kier molecular flexibility index (Phi) is 3.83. The van der Waals surface area contributed by atoms with Gasteiger partial charge in [-0.2, -0.15) is 0 Å². The summed E-state index contributed by atoms with van der Waals surface area (Å²) in [6.07, 6.45) is 2.49. The van der Waals surface area contributed by atoms with Crippen molar-refractivity contribution in [3.05, 3.63) is 35.4 Å². The van der Waals surface area contributed by atoms with Crippen molar-refractivity contribution < 1.29 is 14.7 Å². The third-order valence-electron chi connectivity index (χ3n) is 1.92. The quantitative estimate of drug-likeness (QED) is 0.764. The molecule has 4 heteroatoms. The standard InChI is InChI=1S/C12H13NO3/c1-8-3-4-10(5-6-12(15)16)11(7-8)13-9(2)14/h3-7H,1-2H3,(H,13,14)(H,15,16). The summed E-state index contributed by atoms with van der Waals surface area (Å²) in [5.41, 5.74) is 2.28. The van der Waals surface area contributed by atoms with Crippen molar-refractivity contribution in [2.45, 2.75) is 13.8 Å². The molecule has 0 aromatic heterocycles. The molecule has 4 nitrogen and oxygen atoms in total. The molecule has 0 atom stereocenters. The number of hydrogen-bond donors (Lipinski definition) is 2. The van der Waals surface area contributed by atoms with Crippen molar-refractivity contribution in [2.24, 2.45) is 0 Å². The zero-order valence-corrected chi connectivity index (χ0v) is 9.15. The summed E-state index contributed by atoms with van der Waals surface area (Å²) < 4.78 is 0. The van der Waals surface area contributed by atoms with Crippen molar-refractivity contribution >= 4 is 23.6 Å². The number of rotatable bonds is 3. The minimum absolute atomic E-state index is 0.185. The maximum absolute atomic E-state index is 11.0. The highest BCUT2D eigenvalue weighted by Gasteiger charge is 2.02. The number of amides is 1. The molecule has 0 aliphatic carbocycles.